The van der Waals surface area contributed by atoms with Crippen molar-refractivity contribution in [3.8, 4) is 0 Å². The van der Waals surface area contributed by atoms with E-state index in [1.807, 2.05) is 36.9 Å². The van der Waals surface area contributed by atoms with Gasteiger partial charge in [0.15, 0.2) is 0 Å². The number of hydrogen-bond donors (Lipinski definition) is 1. The van der Waals surface area contributed by atoms with Crippen LogP contribution in [-0.2, 0) is 0 Å². The molecule has 1 fully saturated rings. The molecule has 0 amide bonds. The smallest absolute Gasteiger partial charge is 0.348 e. The van der Waals surface area contributed by atoms with Gasteiger partial charge in [0.25, 0.3) is 0 Å². The van der Waals surface area contributed by atoms with Crippen molar-refractivity contribution in [3.63, 3.8) is 0 Å². The van der Waals surface area contributed by atoms with E-state index in [9.17, 15) is 10.1 Å². The molecule has 0 radical (unpaired) electrons. The van der Waals surface area contributed by atoms with Gasteiger partial charge in [0, 0.05) is 31.9 Å². The maximum atomic E-state index is 11.8. The lowest BCUT2D eigenvalue weighted by Gasteiger charge is -2.34. The van der Waals surface area contributed by atoms with Gasteiger partial charge in [-0.2, -0.15) is 0 Å². The minimum absolute atomic E-state index is 0.0718. The number of likely N-dealkylation sites (N-methyl/N-ethyl adjacent to an activating group) is 1. The highest BCUT2D eigenvalue weighted by atomic mass is 16.6. The summed E-state index contributed by atoms with van der Waals surface area (Å²) in [4.78, 5) is 24.0. The van der Waals surface area contributed by atoms with E-state index in [-0.39, 0.29) is 11.5 Å². The lowest BCUT2D eigenvalue weighted by Crippen LogP contribution is -2.46. The topological polar surface area (TPSA) is 87.4 Å². The molecule has 8 heteroatoms. The Bertz CT molecular complexity index is 802. The number of nitrogens with one attached hydrogen (secondary N) is 1. The van der Waals surface area contributed by atoms with Crippen LogP contribution in [0.5, 0.6) is 0 Å². The molecule has 8 nitrogen and oxygen atoms in total. The number of nitro groups is 1. The van der Waals surface area contributed by atoms with E-state index in [1.54, 1.807) is 0 Å². The normalized spacial score (nSPS) is 15.1. The zero-order valence-electron chi connectivity index (χ0n) is 15.4. The van der Waals surface area contributed by atoms with E-state index < -0.39 is 4.92 Å². The highest BCUT2D eigenvalue weighted by molar-refractivity contribution is 5.75. The first-order valence-electron chi connectivity index (χ1n) is 8.80. The molecule has 0 saturated carbocycles. The Hall–Kier alpha value is -2.74. The molecule has 1 aliphatic rings. The molecule has 0 unspecified atom stereocenters. The van der Waals surface area contributed by atoms with Gasteiger partial charge in [-0.05, 0) is 32.0 Å². The van der Waals surface area contributed by atoms with Gasteiger partial charge in [0.1, 0.15) is 6.33 Å². The molecule has 1 saturated heterocycles. The SMILES string of the molecule is CCN1CCN(c2ncnc(Nc3ccc(C)cc3C)c2[N+](=O)[O-])CC1. The predicted molar refractivity (Wildman–Crippen MR) is 102 cm³/mol. The van der Waals surface area contributed by atoms with Crippen LogP contribution in [0.2, 0.25) is 0 Å². The summed E-state index contributed by atoms with van der Waals surface area (Å²) in [7, 11) is 0. The van der Waals surface area contributed by atoms with Crippen molar-refractivity contribution >= 4 is 23.0 Å². The Morgan fingerprint density at radius 3 is 2.54 bits per heavy atom. The highest BCUT2D eigenvalue weighted by Gasteiger charge is 2.29. The summed E-state index contributed by atoms with van der Waals surface area (Å²) >= 11 is 0. The molecule has 1 aromatic heterocycles. The number of aromatic nitrogens is 2. The van der Waals surface area contributed by atoms with Crippen molar-refractivity contribution in [2.45, 2.75) is 20.8 Å². The first-order valence-corrected chi connectivity index (χ1v) is 8.80. The molecule has 0 atom stereocenters. The Morgan fingerprint density at radius 1 is 1.19 bits per heavy atom. The standard InChI is InChI=1S/C18H24N6O2/c1-4-22-7-9-23(10-8-22)18-16(24(25)26)17(19-12-20-18)21-15-6-5-13(2)11-14(15)3/h5-6,11-12H,4,7-10H2,1-3H3,(H,19,20,21). The van der Waals surface area contributed by atoms with Gasteiger partial charge in [-0.15, -0.1) is 0 Å². The monoisotopic (exact) mass is 356 g/mol. The van der Waals surface area contributed by atoms with Crippen molar-refractivity contribution < 1.29 is 4.92 Å². The molecule has 1 aliphatic heterocycles. The summed E-state index contributed by atoms with van der Waals surface area (Å²) in [6.45, 7) is 10.3. The minimum Gasteiger partial charge on any atom is -0.348 e. The summed E-state index contributed by atoms with van der Waals surface area (Å²) in [5.41, 5.74) is 2.88. The Morgan fingerprint density at radius 2 is 1.92 bits per heavy atom. The van der Waals surface area contributed by atoms with Crippen LogP contribution in [-0.4, -0.2) is 52.5 Å². The van der Waals surface area contributed by atoms with Gasteiger partial charge in [-0.3, -0.25) is 10.1 Å². The number of rotatable bonds is 5. The molecular formula is C18H24N6O2. The second-order valence-corrected chi connectivity index (χ2v) is 6.52. The average Bonchev–Trinajstić information content (AvgIpc) is 2.63. The number of anilines is 3. The van der Waals surface area contributed by atoms with Crippen LogP contribution in [0.4, 0.5) is 23.0 Å². The quantitative estimate of drug-likeness (QED) is 0.651. The fourth-order valence-corrected chi connectivity index (χ4v) is 3.22. The zero-order chi connectivity index (χ0) is 18.7. The number of benzene rings is 1. The van der Waals surface area contributed by atoms with Gasteiger partial charge in [0.2, 0.25) is 11.6 Å². The van der Waals surface area contributed by atoms with Crippen LogP contribution in [0.25, 0.3) is 0 Å². The Labute approximate surface area is 153 Å². The second-order valence-electron chi connectivity index (χ2n) is 6.52. The molecule has 2 heterocycles. The molecule has 26 heavy (non-hydrogen) atoms. The molecule has 2 aromatic rings. The van der Waals surface area contributed by atoms with Crippen molar-refractivity contribution in [1.82, 2.24) is 14.9 Å². The summed E-state index contributed by atoms with van der Waals surface area (Å²) < 4.78 is 0. The van der Waals surface area contributed by atoms with Gasteiger partial charge < -0.3 is 15.1 Å². The lowest BCUT2D eigenvalue weighted by atomic mass is 10.1. The molecule has 138 valence electrons. The van der Waals surface area contributed by atoms with E-state index in [1.165, 1.54) is 6.33 Å². The third-order valence-corrected chi connectivity index (χ3v) is 4.74. The minimum atomic E-state index is -0.395. The Balaban J connectivity index is 1.93. The van der Waals surface area contributed by atoms with Crippen LogP contribution < -0.4 is 10.2 Å². The zero-order valence-corrected chi connectivity index (χ0v) is 15.4. The number of aryl methyl sites for hydroxylation is 2. The average molecular weight is 356 g/mol. The first-order chi connectivity index (χ1) is 12.5. The van der Waals surface area contributed by atoms with E-state index in [2.05, 4.69) is 27.1 Å². The highest BCUT2D eigenvalue weighted by Crippen LogP contribution is 2.34. The van der Waals surface area contributed by atoms with Gasteiger partial charge >= 0.3 is 5.69 Å². The van der Waals surface area contributed by atoms with Crippen molar-refractivity contribution in [2.75, 3.05) is 42.9 Å². The first kappa shape index (κ1) is 18.1. The molecule has 3 rings (SSSR count). The van der Waals surface area contributed by atoms with Crippen LogP contribution in [0, 0.1) is 24.0 Å². The fraction of sp³-hybridized carbons (Fsp3) is 0.444. The van der Waals surface area contributed by atoms with Crippen molar-refractivity contribution in [1.29, 1.82) is 0 Å². The Kier molecular flexibility index (Phi) is 5.32. The van der Waals surface area contributed by atoms with Crippen LogP contribution in [0.3, 0.4) is 0 Å². The number of nitrogens with zero attached hydrogens (tertiary/aromatic N) is 5. The summed E-state index contributed by atoms with van der Waals surface area (Å²) in [5, 5.41) is 14.9. The summed E-state index contributed by atoms with van der Waals surface area (Å²) in [6.07, 6.45) is 1.39. The molecular weight excluding hydrogens is 332 g/mol. The summed E-state index contributed by atoms with van der Waals surface area (Å²) in [6, 6.07) is 5.91. The molecule has 0 aliphatic carbocycles. The molecule has 1 aromatic carbocycles. The number of hydrogen-bond acceptors (Lipinski definition) is 7. The lowest BCUT2D eigenvalue weighted by molar-refractivity contribution is -0.383. The van der Waals surface area contributed by atoms with E-state index in [0.29, 0.717) is 18.9 Å². The van der Waals surface area contributed by atoms with Gasteiger partial charge in [-0.25, -0.2) is 9.97 Å². The van der Waals surface area contributed by atoms with Crippen LogP contribution in [0.15, 0.2) is 24.5 Å². The van der Waals surface area contributed by atoms with Gasteiger partial charge in [0.05, 0.1) is 4.92 Å². The van der Waals surface area contributed by atoms with Crippen molar-refractivity contribution in [2.24, 2.45) is 0 Å². The molecule has 1 N–H and O–H groups in total. The third-order valence-electron chi connectivity index (χ3n) is 4.74. The fourth-order valence-electron chi connectivity index (χ4n) is 3.22. The van der Waals surface area contributed by atoms with E-state index >= 15 is 0 Å². The predicted octanol–water partition coefficient (Wildman–Crippen LogP) is 2.89. The van der Waals surface area contributed by atoms with E-state index in [4.69, 9.17) is 0 Å². The van der Waals surface area contributed by atoms with Gasteiger partial charge in [-0.1, -0.05) is 24.6 Å². The number of piperazine rings is 1. The largest absolute Gasteiger partial charge is 0.353 e. The van der Waals surface area contributed by atoms with Crippen molar-refractivity contribution in [3.05, 3.63) is 45.8 Å². The maximum absolute atomic E-state index is 11.8. The van der Waals surface area contributed by atoms with E-state index in [0.717, 1.165) is 36.4 Å². The molecule has 0 bridgehead atoms. The molecule has 0 spiro atoms. The maximum Gasteiger partial charge on any atom is 0.353 e. The van der Waals surface area contributed by atoms with Crippen LogP contribution >= 0.6 is 0 Å². The summed E-state index contributed by atoms with van der Waals surface area (Å²) in [5.74, 6) is 0.609. The van der Waals surface area contributed by atoms with Crippen LogP contribution in [0.1, 0.15) is 18.1 Å². The second kappa shape index (κ2) is 7.65. The third kappa shape index (κ3) is 3.75.